The molecule has 0 aromatic rings. The molecule has 0 rings (SSSR count). The molecule has 0 saturated carbocycles. The van der Waals surface area contributed by atoms with E-state index in [0.717, 1.165) is 6.42 Å². The quantitative estimate of drug-likeness (QED) is 0.327. The van der Waals surface area contributed by atoms with E-state index in [4.69, 9.17) is 6.42 Å². The van der Waals surface area contributed by atoms with Crippen LogP contribution in [0.4, 0.5) is 0 Å². The zero-order valence-electron chi connectivity index (χ0n) is 5.02. The molecule has 0 aliphatic heterocycles. The summed E-state index contributed by atoms with van der Waals surface area (Å²) < 4.78 is 0. The topological polar surface area (TPSA) is 12.0 Å². The molecule has 0 bridgehead atoms. The Balaban J connectivity index is 3.01. The molecule has 0 amide bonds. The van der Waals surface area contributed by atoms with Crippen molar-refractivity contribution < 1.29 is 0 Å². The Bertz CT molecular complexity index is 85.0. The van der Waals surface area contributed by atoms with Crippen LogP contribution in [-0.2, 0) is 0 Å². The van der Waals surface area contributed by atoms with Gasteiger partial charge in [0.2, 0.25) is 0 Å². The average molecular weight is 129 g/mol. The fourth-order valence-corrected chi connectivity index (χ4v) is 0.412. The van der Waals surface area contributed by atoms with Gasteiger partial charge in [0.05, 0.1) is 11.9 Å². The smallest absolute Gasteiger partial charge is 0.0582 e. The fourth-order valence-electron chi connectivity index (χ4n) is 0.321. The van der Waals surface area contributed by atoms with Crippen LogP contribution in [0.3, 0.4) is 0 Å². The minimum absolute atomic E-state index is 0.256. The van der Waals surface area contributed by atoms with E-state index in [1.54, 1.807) is 0 Å². The minimum Gasteiger partial charge on any atom is -0.295 e. The third-order valence-corrected chi connectivity index (χ3v) is 1.37. The lowest BCUT2D eigenvalue weighted by Gasteiger charge is -2.05. The highest BCUT2D eigenvalue weighted by atomic mass is 32.1. The lowest BCUT2D eigenvalue weighted by atomic mass is 10.5. The van der Waals surface area contributed by atoms with Gasteiger partial charge in [-0.15, -0.1) is 6.42 Å². The standard InChI is InChI=1S/C6H11NS/c1-3-5-7-6(8)4-2/h1,6-8H,4-5H2,2H3. The van der Waals surface area contributed by atoms with Crippen molar-refractivity contribution in [2.75, 3.05) is 6.54 Å². The van der Waals surface area contributed by atoms with E-state index in [0.29, 0.717) is 6.54 Å². The Labute approximate surface area is 56.3 Å². The monoisotopic (exact) mass is 129 g/mol. The first-order chi connectivity index (χ1) is 3.81. The number of terminal acetylenes is 1. The molecule has 0 saturated heterocycles. The van der Waals surface area contributed by atoms with Gasteiger partial charge in [-0.2, -0.15) is 12.6 Å². The molecular weight excluding hydrogens is 118 g/mol. The van der Waals surface area contributed by atoms with E-state index < -0.39 is 0 Å². The summed E-state index contributed by atoms with van der Waals surface area (Å²) in [7, 11) is 0. The number of hydrogen-bond donors (Lipinski definition) is 2. The third-order valence-electron chi connectivity index (χ3n) is 0.826. The van der Waals surface area contributed by atoms with Gasteiger partial charge in [0.15, 0.2) is 0 Å². The van der Waals surface area contributed by atoms with Gasteiger partial charge in [0.25, 0.3) is 0 Å². The summed E-state index contributed by atoms with van der Waals surface area (Å²) in [5.41, 5.74) is 0. The lowest BCUT2D eigenvalue weighted by molar-refractivity contribution is 0.691. The molecule has 1 nitrogen and oxygen atoms in total. The molecule has 46 valence electrons. The lowest BCUT2D eigenvalue weighted by Crippen LogP contribution is -2.22. The van der Waals surface area contributed by atoms with Crippen molar-refractivity contribution in [3.63, 3.8) is 0 Å². The predicted molar refractivity (Wildman–Crippen MR) is 39.9 cm³/mol. The van der Waals surface area contributed by atoms with E-state index in [9.17, 15) is 0 Å². The van der Waals surface area contributed by atoms with Crippen molar-refractivity contribution in [2.45, 2.75) is 18.7 Å². The van der Waals surface area contributed by atoms with Crippen molar-refractivity contribution in [1.29, 1.82) is 0 Å². The molecule has 0 aromatic carbocycles. The van der Waals surface area contributed by atoms with E-state index in [1.807, 2.05) is 0 Å². The van der Waals surface area contributed by atoms with E-state index in [1.165, 1.54) is 0 Å². The normalized spacial score (nSPS) is 12.6. The molecule has 1 unspecified atom stereocenters. The first kappa shape index (κ1) is 7.87. The maximum Gasteiger partial charge on any atom is 0.0582 e. The SMILES string of the molecule is C#CCNC(S)CC. The zero-order valence-corrected chi connectivity index (χ0v) is 5.91. The maximum atomic E-state index is 4.99. The summed E-state index contributed by atoms with van der Waals surface area (Å²) in [5, 5.41) is 3.27. The van der Waals surface area contributed by atoms with Crippen LogP contribution in [-0.4, -0.2) is 11.9 Å². The molecule has 1 atom stereocenters. The van der Waals surface area contributed by atoms with Crippen molar-refractivity contribution in [3.8, 4) is 12.3 Å². The Hall–Kier alpha value is -0.130. The number of nitrogens with one attached hydrogen (secondary N) is 1. The van der Waals surface area contributed by atoms with Crippen molar-refractivity contribution in [2.24, 2.45) is 0 Å². The molecule has 0 radical (unpaired) electrons. The molecule has 0 aromatic heterocycles. The number of thiol groups is 1. The molecule has 0 aliphatic carbocycles. The van der Waals surface area contributed by atoms with Crippen molar-refractivity contribution in [3.05, 3.63) is 0 Å². The van der Waals surface area contributed by atoms with Gasteiger partial charge in [-0.3, -0.25) is 5.32 Å². The Kier molecular flexibility index (Phi) is 4.93. The van der Waals surface area contributed by atoms with Gasteiger partial charge >= 0.3 is 0 Å². The van der Waals surface area contributed by atoms with Gasteiger partial charge in [0.1, 0.15) is 0 Å². The molecule has 0 heterocycles. The minimum atomic E-state index is 0.256. The van der Waals surface area contributed by atoms with Crippen molar-refractivity contribution >= 4 is 12.6 Å². The first-order valence-corrected chi connectivity index (χ1v) is 3.17. The second-order valence-corrected chi connectivity index (χ2v) is 2.13. The molecule has 0 spiro atoms. The Morgan fingerprint density at radius 2 is 2.50 bits per heavy atom. The highest BCUT2D eigenvalue weighted by molar-refractivity contribution is 7.80. The van der Waals surface area contributed by atoms with Crippen LogP contribution in [0.5, 0.6) is 0 Å². The average Bonchev–Trinajstić information content (AvgIpc) is 1.83. The first-order valence-electron chi connectivity index (χ1n) is 2.66. The molecule has 1 N–H and O–H groups in total. The van der Waals surface area contributed by atoms with Crippen LogP contribution in [0.1, 0.15) is 13.3 Å². The summed E-state index contributed by atoms with van der Waals surface area (Å²) >= 11 is 4.16. The van der Waals surface area contributed by atoms with Crippen molar-refractivity contribution in [1.82, 2.24) is 5.32 Å². The van der Waals surface area contributed by atoms with Gasteiger partial charge in [0, 0.05) is 0 Å². The molecular formula is C6H11NS. The molecule has 0 aliphatic rings. The number of rotatable bonds is 3. The molecule has 8 heavy (non-hydrogen) atoms. The summed E-state index contributed by atoms with van der Waals surface area (Å²) in [4.78, 5) is 0. The van der Waals surface area contributed by atoms with E-state index in [-0.39, 0.29) is 5.37 Å². The van der Waals surface area contributed by atoms with Crippen LogP contribution < -0.4 is 5.32 Å². The van der Waals surface area contributed by atoms with Crippen LogP contribution in [0, 0.1) is 12.3 Å². The van der Waals surface area contributed by atoms with Crippen LogP contribution in [0.25, 0.3) is 0 Å². The van der Waals surface area contributed by atoms with Gasteiger partial charge < -0.3 is 0 Å². The van der Waals surface area contributed by atoms with Gasteiger partial charge in [-0.25, -0.2) is 0 Å². The second-order valence-electron chi connectivity index (χ2n) is 1.51. The number of hydrogen-bond acceptors (Lipinski definition) is 2. The van der Waals surface area contributed by atoms with E-state index >= 15 is 0 Å². The van der Waals surface area contributed by atoms with Gasteiger partial charge in [-0.1, -0.05) is 12.8 Å². The summed E-state index contributed by atoms with van der Waals surface area (Å²) in [5.74, 6) is 2.47. The third kappa shape index (κ3) is 4.04. The molecule has 0 fully saturated rings. The zero-order chi connectivity index (χ0) is 6.41. The summed E-state index contributed by atoms with van der Waals surface area (Å²) in [6.07, 6.45) is 5.99. The second kappa shape index (κ2) is 5.02. The largest absolute Gasteiger partial charge is 0.295 e. The van der Waals surface area contributed by atoms with E-state index in [2.05, 4.69) is 30.8 Å². The Morgan fingerprint density at radius 3 is 2.88 bits per heavy atom. The maximum absolute atomic E-state index is 4.99. The highest BCUT2D eigenvalue weighted by Gasteiger charge is 1.92. The fraction of sp³-hybridized carbons (Fsp3) is 0.667. The molecule has 2 heteroatoms. The van der Waals surface area contributed by atoms with Crippen LogP contribution in [0.15, 0.2) is 0 Å². The predicted octanol–water partition coefficient (Wildman–Crippen LogP) is 0.875. The highest BCUT2D eigenvalue weighted by Crippen LogP contribution is 1.92. The van der Waals surface area contributed by atoms with Crippen LogP contribution >= 0.6 is 12.6 Å². The Morgan fingerprint density at radius 1 is 1.88 bits per heavy atom. The van der Waals surface area contributed by atoms with Crippen LogP contribution in [0.2, 0.25) is 0 Å². The summed E-state index contributed by atoms with van der Waals surface area (Å²) in [6, 6.07) is 0. The van der Waals surface area contributed by atoms with Gasteiger partial charge in [-0.05, 0) is 6.42 Å². The summed E-state index contributed by atoms with van der Waals surface area (Å²) in [6.45, 7) is 2.67.